The molecule has 0 aliphatic carbocycles. The Kier molecular flexibility index (Phi) is 4.55. The molecule has 0 aliphatic rings. The summed E-state index contributed by atoms with van der Waals surface area (Å²) >= 11 is 5.81. The monoisotopic (exact) mass is 265 g/mol. The van der Waals surface area contributed by atoms with E-state index >= 15 is 0 Å². The van der Waals surface area contributed by atoms with Crippen LogP contribution in [0.15, 0.2) is 23.1 Å². The smallest absolute Gasteiger partial charge is 0.242 e. The van der Waals surface area contributed by atoms with E-state index < -0.39 is 10.0 Å². The van der Waals surface area contributed by atoms with Crippen LogP contribution in [0.2, 0.25) is 5.02 Å². The molecule has 1 rings (SSSR count). The Morgan fingerprint density at radius 2 is 2.19 bits per heavy atom. The molecule has 7 heteroatoms. The molecule has 0 radical (unpaired) electrons. The predicted octanol–water partition coefficient (Wildman–Crippen LogP) is 0.619. The summed E-state index contributed by atoms with van der Waals surface area (Å²) in [4.78, 5) is -0.0385. The Morgan fingerprint density at radius 3 is 2.69 bits per heavy atom. The van der Waals surface area contributed by atoms with E-state index in [1.807, 2.05) is 0 Å². The molecular formula is C9H12ClNO4S. The Hall–Kier alpha value is -0.820. The van der Waals surface area contributed by atoms with Gasteiger partial charge in [-0.3, -0.25) is 0 Å². The van der Waals surface area contributed by atoms with Crippen LogP contribution in [0.1, 0.15) is 0 Å². The van der Waals surface area contributed by atoms with E-state index in [0.29, 0.717) is 5.75 Å². The summed E-state index contributed by atoms with van der Waals surface area (Å²) in [6, 6.07) is 4.26. The molecule has 0 fully saturated rings. The first-order valence-electron chi connectivity index (χ1n) is 4.45. The summed E-state index contributed by atoms with van der Waals surface area (Å²) in [7, 11) is -2.21. The molecule has 90 valence electrons. The van der Waals surface area contributed by atoms with Crippen LogP contribution in [0.25, 0.3) is 0 Å². The molecular weight excluding hydrogens is 254 g/mol. The van der Waals surface area contributed by atoms with Gasteiger partial charge in [-0.15, -0.1) is 0 Å². The SMILES string of the molecule is COc1ccc(S(=O)(=O)NCCO)c(Cl)c1. The van der Waals surface area contributed by atoms with Crippen molar-refractivity contribution in [3.05, 3.63) is 23.2 Å². The first-order valence-corrected chi connectivity index (χ1v) is 6.31. The number of hydrogen-bond donors (Lipinski definition) is 2. The van der Waals surface area contributed by atoms with Gasteiger partial charge in [-0.1, -0.05) is 11.6 Å². The highest BCUT2D eigenvalue weighted by molar-refractivity contribution is 7.89. The second-order valence-electron chi connectivity index (χ2n) is 2.92. The summed E-state index contributed by atoms with van der Waals surface area (Å²) in [5.41, 5.74) is 0. The highest BCUT2D eigenvalue weighted by Crippen LogP contribution is 2.25. The normalized spacial score (nSPS) is 11.4. The van der Waals surface area contributed by atoms with Gasteiger partial charge in [-0.2, -0.15) is 0 Å². The number of nitrogens with one attached hydrogen (secondary N) is 1. The molecule has 0 saturated heterocycles. The Balaban J connectivity index is 3.04. The van der Waals surface area contributed by atoms with E-state index in [1.54, 1.807) is 0 Å². The third-order valence-electron chi connectivity index (χ3n) is 1.83. The van der Waals surface area contributed by atoms with Gasteiger partial charge < -0.3 is 9.84 Å². The quantitative estimate of drug-likeness (QED) is 0.818. The fourth-order valence-corrected chi connectivity index (χ4v) is 2.64. The molecule has 0 unspecified atom stereocenters. The van der Waals surface area contributed by atoms with Crippen molar-refractivity contribution in [3.63, 3.8) is 0 Å². The highest BCUT2D eigenvalue weighted by atomic mass is 35.5. The molecule has 0 spiro atoms. The first-order chi connectivity index (χ1) is 7.51. The number of sulfonamides is 1. The van der Waals surface area contributed by atoms with Crippen molar-refractivity contribution in [3.8, 4) is 5.75 Å². The van der Waals surface area contributed by atoms with Crippen molar-refractivity contribution in [2.24, 2.45) is 0 Å². The summed E-state index contributed by atoms with van der Waals surface area (Å²) in [5, 5.41) is 8.62. The van der Waals surface area contributed by atoms with Crippen LogP contribution in [0.4, 0.5) is 0 Å². The standard InChI is InChI=1S/C9H12ClNO4S/c1-15-7-2-3-9(8(10)6-7)16(13,14)11-4-5-12/h2-3,6,11-12H,4-5H2,1H3. The van der Waals surface area contributed by atoms with Crippen molar-refractivity contribution in [2.45, 2.75) is 4.90 Å². The van der Waals surface area contributed by atoms with E-state index in [1.165, 1.54) is 25.3 Å². The minimum absolute atomic E-state index is 0.0385. The lowest BCUT2D eigenvalue weighted by atomic mass is 10.3. The number of aliphatic hydroxyl groups is 1. The Labute approximate surface area is 99.0 Å². The molecule has 0 aliphatic heterocycles. The zero-order chi connectivity index (χ0) is 12.2. The number of hydrogen-bond acceptors (Lipinski definition) is 4. The first kappa shape index (κ1) is 13.2. The summed E-state index contributed by atoms with van der Waals surface area (Å²) < 4.78 is 30.4. The van der Waals surface area contributed by atoms with Gasteiger partial charge in [-0.25, -0.2) is 13.1 Å². The fraction of sp³-hybridized carbons (Fsp3) is 0.333. The highest BCUT2D eigenvalue weighted by Gasteiger charge is 2.17. The number of methoxy groups -OCH3 is 1. The summed E-state index contributed by atoms with van der Waals surface area (Å²) in [6.45, 7) is -0.322. The minimum Gasteiger partial charge on any atom is -0.497 e. The van der Waals surface area contributed by atoms with Gasteiger partial charge in [0.05, 0.1) is 18.7 Å². The molecule has 0 amide bonds. The van der Waals surface area contributed by atoms with E-state index in [9.17, 15) is 8.42 Å². The average molecular weight is 266 g/mol. The lowest BCUT2D eigenvalue weighted by Gasteiger charge is -2.08. The zero-order valence-corrected chi connectivity index (χ0v) is 10.2. The van der Waals surface area contributed by atoms with Crippen LogP contribution in [0, 0.1) is 0 Å². The molecule has 16 heavy (non-hydrogen) atoms. The maximum atomic E-state index is 11.7. The third-order valence-corrected chi connectivity index (χ3v) is 3.78. The maximum absolute atomic E-state index is 11.7. The maximum Gasteiger partial charge on any atom is 0.242 e. The minimum atomic E-state index is -3.68. The van der Waals surface area contributed by atoms with Gasteiger partial charge in [0.15, 0.2) is 0 Å². The molecule has 1 aromatic carbocycles. The third kappa shape index (κ3) is 3.08. The van der Waals surface area contributed by atoms with E-state index in [0.717, 1.165) is 0 Å². The summed E-state index contributed by atoms with van der Waals surface area (Å²) in [6.07, 6.45) is 0. The van der Waals surface area contributed by atoms with Gasteiger partial charge in [0, 0.05) is 12.6 Å². The van der Waals surface area contributed by atoms with Crippen LogP contribution in [-0.4, -0.2) is 33.8 Å². The van der Waals surface area contributed by atoms with Crippen molar-refractivity contribution in [1.82, 2.24) is 4.72 Å². The van der Waals surface area contributed by atoms with E-state index in [4.69, 9.17) is 21.4 Å². The Morgan fingerprint density at radius 1 is 1.50 bits per heavy atom. The van der Waals surface area contributed by atoms with Gasteiger partial charge >= 0.3 is 0 Å². The Bertz CT molecular complexity index is 461. The van der Waals surface area contributed by atoms with Gasteiger partial charge in [-0.05, 0) is 12.1 Å². The largest absolute Gasteiger partial charge is 0.497 e. The molecule has 0 heterocycles. The number of benzene rings is 1. The van der Waals surface area contributed by atoms with E-state index in [-0.39, 0.29) is 23.1 Å². The second-order valence-corrected chi connectivity index (χ2v) is 5.06. The van der Waals surface area contributed by atoms with Crippen molar-refractivity contribution >= 4 is 21.6 Å². The van der Waals surface area contributed by atoms with Crippen LogP contribution >= 0.6 is 11.6 Å². The topological polar surface area (TPSA) is 75.6 Å². The molecule has 0 atom stereocenters. The molecule has 2 N–H and O–H groups in total. The predicted molar refractivity (Wildman–Crippen MR) is 60.3 cm³/mol. The molecule has 1 aromatic rings. The van der Waals surface area contributed by atoms with Gasteiger partial charge in [0.1, 0.15) is 10.6 Å². The lowest BCUT2D eigenvalue weighted by Crippen LogP contribution is -2.26. The number of halogens is 1. The van der Waals surface area contributed by atoms with Crippen LogP contribution in [0.5, 0.6) is 5.75 Å². The molecule has 5 nitrogen and oxygen atoms in total. The number of aliphatic hydroxyl groups excluding tert-OH is 1. The molecule has 0 saturated carbocycles. The lowest BCUT2D eigenvalue weighted by molar-refractivity contribution is 0.301. The van der Waals surface area contributed by atoms with Gasteiger partial charge in [0.2, 0.25) is 10.0 Å². The summed E-state index contributed by atoms with van der Waals surface area (Å²) in [5.74, 6) is 0.478. The van der Waals surface area contributed by atoms with Gasteiger partial charge in [0.25, 0.3) is 0 Å². The van der Waals surface area contributed by atoms with Crippen molar-refractivity contribution in [1.29, 1.82) is 0 Å². The average Bonchev–Trinajstić information content (AvgIpc) is 2.25. The molecule has 0 bridgehead atoms. The number of rotatable bonds is 5. The van der Waals surface area contributed by atoms with Crippen molar-refractivity contribution in [2.75, 3.05) is 20.3 Å². The van der Waals surface area contributed by atoms with E-state index in [2.05, 4.69) is 4.72 Å². The van der Waals surface area contributed by atoms with Crippen LogP contribution in [0.3, 0.4) is 0 Å². The second kappa shape index (κ2) is 5.49. The molecule has 0 aromatic heterocycles. The van der Waals surface area contributed by atoms with Crippen LogP contribution < -0.4 is 9.46 Å². The van der Waals surface area contributed by atoms with Crippen molar-refractivity contribution < 1.29 is 18.3 Å². The zero-order valence-electron chi connectivity index (χ0n) is 8.60. The fourth-order valence-electron chi connectivity index (χ4n) is 1.08. The van der Waals surface area contributed by atoms with Crippen LogP contribution in [-0.2, 0) is 10.0 Å². The number of ether oxygens (including phenoxy) is 1.